The SMILES string of the molecule is COc1ccc(CC(NN)c2ccsc2)cc1Br. The second kappa shape index (κ2) is 6.33. The van der Waals surface area contributed by atoms with Gasteiger partial charge in [0.15, 0.2) is 0 Å². The zero-order chi connectivity index (χ0) is 13.0. The van der Waals surface area contributed by atoms with Crippen LogP contribution in [0, 0.1) is 0 Å². The minimum absolute atomic E-state index is 0.136. The van der Waals surface area contributed by atoms with Crippen molar-refractivity contribution in [1.82, 2.24) is 5.43 Å². The molecule has 0 aliphatic carbocycles. The molecule has 3 N–H and O–H groups in total. The molecule has 0 aliphatic heterocycles. The van der Waals surface area contributed by atoms with Crippen LogP contribution in [0.15, 0.2) is 39.5 Å². The number of hydrazine groups is 1. The Bertz CT molecular complexity index is 502. The summed E-state index contributed by atoms with van der Waals surface area (Å²) in [5.41, 5.74) is 5.28. The summed E-state index contributed by atoms with van der Waals surface area (Å²) in [4.78, 5) is 0. The zero-order valence-corrected chi connectivity index (χ0v) is 12.4. The van der Waals surface area contributed by atoms with Gasteiger partial charge in [0.25, 0.3) is 0 Å². The maximum absolute atomic E-state index is 5.62. The molecule has 5 heteroatoms. The van der Waals surface area contributed by atoms with E-state index in [0.29, 0.717) is 0 Å². The average Bonchev–Trinajstić information content (AvgIpc) is 2.90. The molecular weight excluding hydrogens is 312 g/mol. The van der Waals surface area contributed by atoms with Gasteiger partial charge in [0.1, 0.15) is 5.75 Å². The molecule has 2 rings (SSSR count). The topological polar surface area (TPSA) is 47.3 Å². The molecule has 1 heterocycles. The molecule has 0 fully saturated rings. The minimum atomic E-state index is 0.136. The molecule has 0 amide bonds. The summed E-state index contributed by atoms with van der Waals surface area (Å²) >= 11 is 5.17. The number of hydrogen-bond acceptors (Lipinski definition) is 4. The van der Waals surface area contributed by atoms with Crippen LogP contribution < -0.4 is 16.0 Å². The normalized spacial score (nSPS) is 12.4. The number of nitrogens with two attached hydrogens (primary N) is 1. The molecular formula is C13H15BrN2OS. The highest BCUT2D eigenvalue weighted by atomic mass is 79.9. The third kappa shape index (κ3) is 3.11. The van der Waals surface area contributed by atoms with E-state index in [9.17, 15) is 0 Å². The van der Waals surface area contributed by atoms with Gasteiger partial charge in [0.2, 0.25) is 0 Å². The van der Waals surface area contributed by atoms with Gasteiger partial charge in [-0.15, -0.1) is 0 Å². The second-order valence-corrected chi connectivity index (χ2v) is 5.58. The Kier molecular flexibility index (Phi) is 4.77. The van der Waals surface area contributed by atoms with Gasteiger partial charge in [-0.1, -0.05) is 6.07 Å². The second-order valence-electron chi connectivity index (χ2n) is 3.95. The van der Waals surface area contributed by atoms with Gasteiger partial charge in [0, 0.05) is 0 Å². The van der Waals surface area contributed by atoms with Gasteiger partial charge >= 0.3 is 0 Å². The molecule has 1 aromatic heterocycles. The number of methoxy groups -OCH3 is 1. The number of ether oxygens (including phenoxy) is 1. The lowest BCUT2D eigenvalue weighted by Gasteiger charge is -2.15. The molecule has 1 aromatic carbocycles. The van der Waals surface area contributed by atoms with E-state index in [1.807, 2.05) is 6.07 Å². The average molecular weight is 327 g/mol. The molecule has 1 unspecified atom stereocenters. The first kappa shape index (κ1) is 13.5. The fraction of sp³-hybridized carbons (Fsp3) is 0.231. The van der Waals surface area contributed by atoms with E-state index < -0.39 is 0 Å². The van der Waals surface area contributed by atoms with Crippen LogP contribution in [0.3, 0.4) is 0 Å². The van der Waals surface area contributed by atoms with Gasteiger partial charge in [-0.25, -0.2) is 0 Å². The molecule has 3 nitrogen and oxygen atoms in total. The lowest BCUT2D eigenvalue weighted by atomic mass is 10.0. The summed E-state index contributed by atoms with van der Waals surface area (Å²) in [7, 11) is 1.66. The lowest BCUT2D eigenvalue weighted by Crippen LogP contribution is -2.29. The Hall–Kier alpha value is -0.880. The fourth-order valence-electron chi connectivity index (χ4n) is 1.82. The number of halogens is 1. The largest absolute Gasteiger partial charge is 0.496 e. The van der Waals surface area contributed by atoms with Crippen molar-refractivity contribution in [3.05, 3.63) is 50.6 Å². The van der Waals surface area contributed by atoms with Crippen molar-refractivity contribution in [2.45, 2.75) is 12.5 Å². The summed E-state index contributed by atoms with van der Waals surface area (Å²) < 4.78 is 6.18. The van der Waals surface area contributed by atoms with Crippen molar-refractivity contribution in [3.8, 4) is 5.75 Å². The number of nitrogens with one attached hydrogen (secondary N) is 1. The van der Waals surface area contributed by atoms with E-state index in [4.69, 9.17) is 10.6 Å². The highest BCUT2D eigenvalue weighted by Crippen LogP contribution is 2.28. The third-order valence-corrected chi connectivity index (χ3v) is 4.12. The quantitative estimate of drug-likeness (QED) is 0.654. The Morgan fingerprint density at radius 2 is 2.28 bits per heavy atom. The summed E-state index contributed by atoms with van der Waals surface area (Å²) in [6.07, 6.45) is 0.843. The van der Waals surface area contributed by atoms with Crippen LogP contribution in [-0.2, 0) is 6.42 Å². The molecule has 96 valence electrons. The van der Waals surface area contributed by atoms with Gasteiger partial charge in [-0.3, -0.25) is 11.3 Å². The standard InChI is InChI=1S/C13H15BrN2OS/c1-17-13-3-2-9(6-11(13)14)7-12(16-15)10-4-5-18-8-10/h2-6,8,12,16H,7,15H2,1H3. The predicted octanol–water partition coefficient (Wildman–Crippen LogP) is 3.27. The highest BCUT2D eigenvalue weighted by molar-refractivity contribution is 9.10. The van der Waals surface area contributed by atoms with E-state index in [0.717, 1.165) is 16.6 Å². The summed E-state index contributed by atoms with van der Waals surface area (Å²) in [5, 5.41) is 4.17. The van der Waals surface area contributed by atoms with Crippen molar-refractivity contribution in [1.29, 1.82) is 0 Å². The van der Waals surface area contributed by atoms with Crippen LogP contribution >= 0.6 is 27.3 Å². The fourth-order valence-corrected chi connectivity index (χ4v) is 3.12. The number of rotatable bonds is 5. The first-order valence-electron chi connectivity index (χ1n) is 5.55. The van der Waals surface area contributed by atoms with E-state index in [1.54, 1.807) is 18.4 Å². The van der Waals surface area contributed by atoms with E-state index in [2.05, 4.69) is 50.3 Å². The maximum atomic E-state index is 5.62. The lowest BCUT2D eigenvalue weighted by molar-refractivity contribution is 0.412. The van der Waals surface area contributed by atoms with E-state index >= 15 is 0 Å². The van der Waals surface area contributed by atoms with Crippen molar-refractivity contribution >= 4 is 27.3 Å². The Labute approximate surface area is 119 Å². The predicted molar refractivity (Wildman–Crippen MR) is 78.8 cm³/mol. The van der Waals surface area contributed by atoms with Crippen LogP contribution in [0.4, 0.5) is 0 Å². The van der Waals surface area contributed by atoms with Crippen molar-refractivity contribution in [2.24, 2.45) is 5.84 Å². The Balaban J connectivity index is 2.15. The zero-order valence-electron chi connectivity index (χ0n) is 10.0. The molecule has 1 atom stereocenters. The van der Waals surface area contributed by atoms with E-state index in [-0.39, 0.29) is 6.04 Å². The minimum Gasteiger partial charge on any atom is -0.496 e. The van der Waals surface area contributed by atoms with Crippen molar-refractivity contribution in [3.63, 3.8) is 0 Å². The molecule has 0 aliphatic rings. The molecule has 18 heavy (non-hydrogen) atoms. The van der Waals surface area contributed by atoms with Crippen molar-refractivity contribution < 1.29 is 4.74 Å². The third-order valence-electron chi connectivity index (χ3n) is 2.80. The van der Waals surface area contributed by atoms with Crippen LogP contribution in [0.25, 0.3) is 0 Å². The first-order chi connectivity index (χ1) is 8.74. The smallest absolute Gasteiger partial charge is 0.133 e. The Morgan fingerprint density at radius 1 is 1.44 bits per heavy atom. The molecule has 0 saturated heterocycles. The first-order valence-corrected chi connectivity index (χ1v) is 7.29. The summed E-state index contributed by atoms with van der Waals surface area (Å²) in [6, 6.07) is 8.31. The van der Waals surface area contributed by atoms with Gasteiger partial charge in [0.05, 0.1) is 17.6 Å². The Morgan fingerprint density at radius 3 is 2.83 bits per heavy atom. The number of benzene rings is 1. The van der Waals surface area contributed by atoms with Gasteiger partial charge < -0.3 is 4.74 Å². The van der Waals surface area contributed by atoms with Crippen molar-refractivity contribution in [2.75, 3.05) is 7.11 Å². The molecule has 2 aromatic rings. The maximum Gasteiger partial charge on any atom is 0.133 e. The van der Waals surface area contributed by atoms with Gasteiger partial charge in [-0.2, -0.15) is 11.3 Å². The molecule has 0 radical (unpaired) electrons. The van der Waals surface area contributed by atoms with Crippen LogP contribution in [0.1, 0.15) is 17.2 Å². The molecule has 0 bridgehead atoms. The molecule has 0 spiro atoms. The van der Waals surface area contributed by atoms with Gasteiger partial charge in [-0.05, 0) is 62.4 Å². The highest BCUT2D eigenvalue weighted by Gasteiger charge is 2.12. The number of hydrogen-bond donors (Lipinski definition) is 2. The van der Waals surface area contributed by atoms with Crippen LogP contribution in [0.2, 0.25) is 0 Å². The van der Waals surface area contributed by atoms with E-state index in [1.165, 1.54) is 11.1 Å². The number of thiophene rings is 1. The summed E-state index contributed by atoms with van der Waals surface area (Å²) in [6.45, 7) is 0. The van der Waals surface area contributed by atoms with Crippen LogP contribution in [-0.4, -0.2) is 7.11 Å². The monoisotopic (exact) mass is 326 g/mol. The molecule has 0 saturated carbocycles. The summed E-state index contributed by atoms with van der Waals surface area (Å²) in [5.74, 6) is 6.46. The van der Waals surface area contributed by atoms with Crippen LogP contribution in [0.5, 0.6) is 5.75 Å².